The Bertz CT molecular complexity index is 1220. The van der Waals surface area contributed by atoms with Crippen molar-refractivity contribution in [2.75, 3.05) is 5.32 Å². The van der Waals surface area contributed by atoms with E-state index in [0.717, 1.165) is 4.57 Å². The molecule has 1 aromatic heterocycles. The Kier molecular flexibility index (Phi) is 5.91. The monoisotopic (exact) mass is 430 g/mol. The molecule has 0 saturated carbocycles. The van der Waals surface area contributed by atoms with E-state index in [1.54, 1.807) is 62.4 Å². The van der Waals surface area contributed by atoms with Crippen LogP contribution in [0.5, 0.6) is 0 Å². The number of anilines is 1. The lowest BCUT2D eigenvalue weighted by atomic mass is 10.2. The lowest BCUT2D eigenvalue weighted by Gasteiger charge is -2.15. The van der Waals surface area contributed by atoms with Crippen LogP contribution in [0.1, 0.15) is 11.3 Å². The minimum Gasteiger partial charge on any atom is -0.325 e. The van der Waals surface area contributed by atoms with Crippen LogP contribution in [0.25, 0.3) is 0 Å². The minimum absolute atomic E-state index is 0.0289. The van der Waals surface area contributed by atoms with Crippen molar-refractivity contribution in [3.05, 3.63) is 87.3 Å². The largest absolute Gasteiger partial charge is 0.325 e. The molecule has 6 nitrogen and oxygen atoms in total. The number of rotatable bonds is 5. The number of sulfone groups is 1. The van der Waals surface area contributed by atoms with Gasteiger partial charge in [0.15, 0.2) is 0 Å². The molecule has 0 saturated heterocycles. The molecule has 1 amide bonds. The Morgan fingerprint density at radius 3 is 2.28 bits per heavy atom. The molecule has 2 aromatic carbocycles. The second-order valence-electron chi connectivity index (χ2n) is 6.56. The fraction of sp³-hybridized carbons (Fsp3) is 0.143. The van der Waals surface area contributed by atoms with Gasteiger partial charge >= 0.3 is 0 Å². The number of carbonyl (C=O) groups excluding carboxylic acids is 1. The predicted molar refractivity (Wildman–Crippen MR) is 112 cm³/mol. The molecule has 3 rings (SSSR count). The van der Waals surface area contributed by atoms with Gasteiger partial charge < -0.3 is 9.88 Å². The summed E-state index contributed by atoms with van der Waals surface area (Å²) < 4.78 is 27.2. The quantitative estimate of drug-likeness (QED) is 0.670. The normalized spacial score (nSPS) is 11.3. The van der Waals surface area contributed by atoms with Gasteiger partial charge in [-0.15, -0.1) is 0 Å². The number of hydrogen-bond acceptors (Lipinski definition) is 4. The lowest BCUT2D eigenvalue weighted by molar-refractivity contribution is -0.116. The third-order valence-corrected chi connectivity index (χ3v) is 6.58. The highest BCUT2D eigenvalue weighted by atomic mass is 35.5. The minimum atomic E-state index is -4.02. The average molecular weight is 431 g/mol. The van der Waals surface area contributed by atoms with Crippen molar-refractivity contribution < 1.29 is 13.2 Å². The predicted octanol–water partition coefficient (Wildman–Crippen LogP) is 3.59. The second-order valence-corrected chi connectivity index (χ2v) is 8.88. The molecule has 0 atom stereocenters. The molecule has 150 valence electrons. The first kappa shape index (κ1) is 20.8. The number of nitrogens with one attached hydrogen (secondary N) is 1. The maximum absolute atomic E-state index is 13.0. The molecule has 3 aromatic rings. The topological polar surface area (TPSA) is 85.2 Å². The summed E-state index contributed by atoms with van der Waals surface area (Å²) in [6, 6.07) is 15.9. The highest BCUT2D eigenvalue weighted by molar-refractivity contribution is 7.91. The lowest BCUT2D eigenvalue weighted by Crippen LogP contribution is -2.33. The Morgan fingerprint density at radius 1 is 1.03 bits per heavy atom. The fourth-order valence-electron chi connectivity index (χ4n) is 3.03. The van der Waals surface area contributed by atoms with E-state index < -0.39 is 21.3 Å². The van der Waals surface area contributed by atoms with E-state index in [0.29, 0.717) is 22.0 Å². The van der Waals surface area contributed by atoms with Gasteiger partial charge in [-0.1, -0.05) is 29.8 Å². The Morgan fingerprint density at radius 2 is 1.66 bits per heavy atom. The van der Waals surface area contributed by atoms with Gasteiger partial charge in [0.05, 0.1) is 4.90 Å². The Hall–Kier alpha value is -2.90. The Balaban J connectivity index is 1.98. The zero-order valence-corrected chi connectivity index (χ0v) is 17.4. The van der Waals surface area contributed by atoms with Crippen LogP contribution in [0.2, 0.25) is 5.02 Å². The molecule has 0 radical (unpaired) electrons. The highest BCUT2D eigenvalue weighted by Crippen LogP contribution is 2.21. The number of nitrogens with zero attached hydrogens (tertiary/aromatic N) is 1. The summed E-state index contributed by atoms with van der Waals surface area (Å²) in [6.45, 7) is 2.91. The van der Waals surface area contributed by atoms with Crippen LogP contribution in [0.4, 0.5) is 5.69 Å². The van der Waals surface area contributed by atoms with Gasteiger partial charge in [-0.3, -0.25) is 9.59 Å². The number of benzene rings is 2. The van der Waals surface area contributed by atoms with Gasteiger partial charge in [0, 0.05) is 16.4 Å². The summed E-state index contributed by atoms with van der Waals surface area (Å²) in [4.78, 5) is 25.2. The fourth-order valence-corrected chi connectivity index (χ4v) is 4.73. The third kappa shape index (κ3) is 4.41. The number of halogens is 1. The van der Waals surface area contributed by atoms with Gasteiger partial charge in [-0.2, -0.15) is 0 Å². The molecule has 29 heavy (non-hydrogen) atoms. The molecular weight excluding hydrogens is 412 g/mol. The SMILES string of the molecule is Cc1cc(C)n(CC(=O)Nc2ccc(Cl)cc2)c(=O)c1S(=O)(=O)c1ccccc1. The zero-order valence-electron chi connectivity index (χ0n) is 15.8. The van der Waals surface area contributed by atoms with Crippen molar-refractivity contribution in [1.29, 1.82) is 0 Å². The van der Waals surface area contributed by atoms with Crippen molar-refractivity contribution in [3.8, 4) is 0 Å². The van der Waals surface area contributed by atoms with Gasteiger partial charge in [0.1, 0.15) is 11.4 Å². The number of hydrogen-bond donors (Lipinski definition) is 1. The highest BCUT2D eigenvalue weighted by Gasteiger charge is 2.26. The first-order valence-electron chi connectivity index (χ1n) is 8.77. The molecule has 1 N–H and O–H groups in total. The first-order valence-corrected chi connectivity index (χ1v) is 10.6. The molecular formula is C21H19ClN2O4S. The van der Waals surface area contributed by atoms with Crippen LogP contribution >= 0.6 is 11.6 Å². The van der Waals surface area contributed by atoms with Gasteiger partial charge in [0.2, 0.25) is 15.7 Å². The van der Waals surface area contributed by atoms with Crippen LogP contribution in [-0.2, 0) is 21.2 Å². The number of amides is 1. The van der Waals surface area contributed by atoms with E-state index >= 15 is 0 Å². The van der Waals surface area contributed by atoms with Gasteiger partial charge in [-0.25, -0.2) is 8.42 Å². The second kappa shape index (κ2) is 8.23. The molecule has 0 bridgehead atoms. The van der Waals surface area contributed by atoms with Crippen molar-refractivity contribution >= 4 is 33.0 Å². The van der Waals surface area contributed by atoms with E-state index in [1.807, 2.05) is 0 Å². The molecule has 8 heteroatoms. The number of carbonyl (C=O) groups is 1. The van der Waals surface area contributed by atoms with Crippen LogP contribution in [0.3, 0.4) is 0 Å². The summed E-state index contributed by atoms with van der Waals surface area (Å²) >= 11 is 5.83. The Labute approximate surface area is 173 Å². The molecule has 0 aliphatic heterocycles. The molecule has 0 aliphatic rings. The van der Waals surface area contributed by atoms with E-state index in [-0.39, 0.29) is 16.3 Å². The molecule has 0 fully saturated rings. The van der Waals surface area contributed by atoms with E-state index in [4.69, 9.17) is 11.6 Å². The molecule has 0 aliphatic carbocycles. The molecule has 0 unspecified atom stereocenters. The van der Waals surface area contributed by atoms with Crippen molar-refractivity contribution in [2.24, 2.45) is 0 Å². The van der Waals surface area contributed by atoms with E-state index in [9.17, 15) is 18.0 Å². The van der Waals surface area contributed by atoms with Crippen molar-refractivity contribution in [3.63, 3.8) is 0 Å². The summed E-state index contributed by atoms with van der Waals surface area (Å²) in [5.41, 5.74) is 0.628. The van der Waals surface area contributed by atoms with Gasteiger partial charge in [0.25, 0.3) is 5.56 Å². The smallest absolute Gasteiger partial charge is 0.270 e. The van der Waals surface area contributed by atoms with Crippen LogP contribution < -0.4 is 10.9 Å². The first-order chi connectivity index (χ1) is 13.7. The average Bonchev–Trinajstić information content (AvgIpc) is 2.67. The van der Waals surface area contributed by atoms with Crippen LogP contribution in [0, 0.1) is 13.8 Å². The summed E-state index contributed by atoms with van der Waals surface area (Å²) in [7, 11) is -4.02. The van der Waals surface area contributed by atoms with E-state index in [2.05, 4.69) is 5.32 Å². The van der Waals surface area contributed by atoms with Crippen LogP contribution in [0.15, 0.2) is 75.2 Å². The zero-order chi connectivity index (χ0) is 21.2. The van der Waals surface area contributed by atoms with Crippen molar-refractivity contribution in [2.45, 2.75) is 30.2 Å². The summed E-state index contributed by atoms with van der Waals surface area (Å²) in [6.07, 6.45) is 0. The standard InChI is InChI=1S/C21H19ClN2O4S/c1-14-12-15(2)24(13-19(25)23-17-10-8-16(22)9-11-17)21(26)20(14)29(27,28)18-6-4-3-5-7-18/h3-12H,13H2,1-2H3,(H,23,25). The van der Waals surface area contributed by atoms with Crippen molar-refractivity contribution in [1.82, 2.24) is 4.57 Å². The summed E-state index contributed by atoms with van der Waals surface area (Å²) in [5.74, 6) is -0.454. The summed E-state index contributed by atoms with van der Waals surface area (Å²) in [5, 5.41) is 3.20. The number of aryl methyl sites for hydroxylation is 2. The van der Waals surface area contributed by atoms with E-state index in [1.165, 1.54) is 12.1 Å². The number of aromatic nitrogens is 1. The molecule has 1 heterocycles. The third-order valence-electron chi connectivity index (χ3n) is 4.40. The maximum atomic E-state index is 13.0. The number of pyridine rings is 1. The maximum Gasteiger partial charge on any atom is 0.270 e. The van der Waals surface area contributed by atoms with Crippen LogP contribution in [-0.4, -0.2) is 18.9 Å². The van der Waals surface area contributed by atoms with Gasteiger partial charge in [-0.05, 0) is 61.9 Å². The molecule has 0 spiro atoms.